The van der Waals surface area contributed by atoms with Crippen LogP contribution in [0.2, 0.25) is 0 Å². The maximum atomic E-state index is 11.7. The zero-order valence-corrected chi connectivity index (χ0v) is 7.10. The van der Waals surface area contributed by atoms with Gasteiger partial charge in [0.2, 0.25) is 5.91 Å². The molecule has 1 saturated heterocycles. The van der Waals surface area contributed by atoms with Gasteiger partial charge in [-0.15, -0.1) is 0 Å². The molecule has 2 heteroatoms. The molecule has 2 rings (SSSR count). The Morgan fingerprint density at radius 1 is 1.27 bits per heavy atom. The SMILES string of the molecule is CN1CCC2(CCCC2)C1=O. The maximum absolute atomic E-state index is 11.7. The number of likely N-dealkylation sites (tertiary alicyclic amines) is 1. The summed E-state index contributed by atoms with van der Waals surface area (Å²) in [5.74, 6) is 0.412. The van der Waals surface area contributed by atoms with E-state index in [4.69, 9.17) is 0 Å². The van der Waals surface area contributed by atoms with Crippen molar-refractivity contribution in [2.45, 2.75) is 32.1 Å². The molecule has 0 aromatic rings. The highest BCUT2D eigenvalue weighted by Gasteiger charge is 2.46. The zero-order chi connectivity index (χ0) is 7.90. The van der Waals surface area contributed by atoms with Gasteiger partial charge in [0.1, 0.15) is 0 Å². The van der Waals surface area contributed by atoms with Gasteiger partial charge < -0.3 is 4.90 Å². The number of hydrogen-bond acceptors (Lipinski definition) is 1. The Morgan fingerprint density at radius 2 is 1.91 bits per heavy atom. The van der Waals surface area contributed by atoms with Crippen LogP contribution in [0.5, 0.6) is 0 Å². The van der Waals surface area contributed by atoms with Crippen LogP contribution in [0, 0.1) is 5.41 Å². The normalized spacial score (nSPS) is 28.8. The third-order valence-electron chi connectivity index (χ3n) is 3.29. The van der Waals surface area contributed by atoms with Crippen LogP contribution in [0.15, 0.2) is 0 Å². The summed E-state index contributed by atoms with van der Waals surface area (Å²) in [5.41, 5.74) is 0.106. The standard InChI is InChI=1S/C9H15NO/c1-10-7-6-9(8(10)11)4-2-3-5-9/h2-7H2,1H3. The minimum Gasteiger partial charge on any atom is -0.345 e. The van der Waals surface area contributed by atoms with E-state index in [9.17, 15) is 4.79 Å². The van der Waals surface area contributed by atoms with Crippen molar-refractivity contribution in [3.05, 3.63) is 0 Å². The van der Waals surface area contributed by atoms with E-state index in [1.165, 1.54) is 12.8 Å². The van der Waals surface area contributed by atoms with E-state index in [1.807, 2.05) is 11.9 Å². The fourth-order valence-corrected chi connectivity index (χ4v) is 2.51. The molecule has 1 aliphatic carbocycles. The van der Waals surface area contributed by atoms with Crippen LogP contribution < -0.4 is 0 Å². The monoisotopic (exact) mass is 153 g/mol. The largest absolute Gasteiger partial charge is 0.345 e. The molecule has 1 spiro atoms. The number of amides is 1. The first-order valence-corrected chi connectivity index (χ1v) is 4.50. The topological polar surface area (TPSA) is 20.3 Å². The van der Waals surface area contributed by atoms with E-state index < -0.39 is 0 Å². The van der Waals surface area contributed by atoms with Gasteiger partial charge in [0, 0.05) is 13.6 Å². The highest BCUT2D eigenvalue weighted by Crippen LogP contribution is 2.45. The molecule has 0 bridgehead atoms. The fourth-order valence-electron chi connectivity index (χ4n) is 2.51. The Kier molecular flexibility index (Phi) is 1.44. The van der Waals surface area contributed by atoms with Crippen molar-refractivity contribution in [1.29, 1.82) is 0 Å². The van der Waals surface area contributed by atoms with Gasteiger partial charge in [-0.25, -0.2) is 0 Å². The van der Waals surface area contributed by atoms with Gasteiger partial charge in [-0.05, 0) is 19.3 Å². The maximum Gasteiger partial charge on any atom is 0.228 e. The molecule has 0 radical (unpaired) electrons. The second-order valence-electron chi connectivity index (χ2n) is 3.96. The van der Waals surface area contributed by atoms with Gasteiger partial charge in [-0.2, -0.15) is 0 Å². The highest BCUT2D eigenvalue weighted by atomic mass is 16.2. The molecule has 0 atom stereocenters. The summed E-state index contributed by atoms with van der Waals surface area (Å²) in [6.45, 7) is 0.985. The van der Waals surface area contributed by atoms with Gasteiger partial charge in [-0.1, -0.05) is 12.8 Å². The Hall–Kier alpha value is -0.530. The lowest BCUT2D eigenvalue weighted by Gasteiger charge is -2.19. The van der Waals surface area contributed by atoms with Gasteiger partial charge in [0.15, 0.2) is 0 Å². The minimum absolute atomic E-state index is 0.106. The predicted molar refractivity (Wildman–Crippen MR) is 43.2 cm³/mol. The number of carbonyl (C=O) groups excluding carboxylic acids is 1. The molecule has 1 amide bonds. The number of hydrogen-bond donors (Lipinski definition) is 0. The lowest BCUT2D eigenvalue weighted by molar-refractivity contribution is -0.134. The van der Waals surface area contributed by atoms with Crippen molar-refractivity contribution in [1.82, 2.24) is 4.90 Å². The second-order valence-corrected chi connectivity index (χ2v) is 3.96. The van der Waals surface area contributed by atoms with Crippen LogP contribution in [0.3, 0.4) is 0 Å². The first-order chi connectivity index (χ1) is 5.25. The van der Waals surface area contributed by atoms with Crippen molar-refractivity contribution in [2.75, 3.05) is 13.6 Å². The number of rotatable bonds is 0. The third-order valence-corrected chi connectivity index (χ3v) is 3.29. The van der Waals surface area contributed by atoms with Crippen molar-refractivity contribution in [2.24, 2.45) is 5.41 Å². The second kappa shape index (κ2) is 2.23. The van der Waals surface area contributed by atoms with Crippen LogP contribution in [0.25, 0.3) is 0 Å². The molecule has 1 saturated carbocycles. The number of nitrogens with zero attached hydrogens (tertiary/aromatic N) is 1. The van der Waals surface area contributed by atoms with E-state index in [0.717, 1.165) is 25.8 Å². The fraction of sp³-hybridized carbons (Fsp3) is 0.889. The molecule has 0 N–H and O–H groups in total. The summed E-state index contributed by atoms with van der Waals surface area (Å²) in [6, 6.07) is 0. The molecule has 0 aromatic heterocycles. The predicted octanol–water partition coefficient (Wildman–Crippen LogP) is 1.41. The summed E-state index contributed by atoms with van der Waals surface area (Å²) < 4.78 is 0. The van der Waals surface area contributed by atoms with Crippen molar-refractivity contribution in [3.63, 3.8) is 0 Å². The molecule has 0 unspecified atom stereocenters. The van der Waals surface area contributed by atoms with E-state index in [2.05, 4.69) is 0 Å². The summed E-state index contributed by atoms with van der Waals surface area (Å²) in [6.07, 6.45) is 5.94. The third kappa shape index (κ3) is 0.883. The molecule has 1 heterocycles. The van der Waals surface area contributed by atoms with Gasteiger partial charge in [0.05, 0.1) is 5.41 Å². The van der Waals surface area contributed by atoms with Crippen molar-refractivity contribution < 1.29 is 4.79 Å². The first-order valence-electron chi connectivity index (χ1n) is 4.50. The van der Waals surface area contributed by atoms with Gasteiger partial charge >= 0.3 is 0 Å². The lowest BCUT2D eigenvalue weighted by atomic mass is 9.85. The Morgan fingerprint density at radius 3 is 2.36 bits per heavy atom. The molecule has 2 nitrogen and oxygen atoms in total. The summed E-state index contributed by atoms with van der Waals surface area (Å²) in [7, 11) is 1.93. The summed E-state index contributed by atoms with van der Waals surface area (Å²) in [4.78, 5) is 13.5. The van der Waals surface area contributed by atoms with Crippen LogP contribution >= 0.6 is 0 Å². The Labute approximate surface area is 67.6 Å². The Balaban J connectivity index is 2.20. The highest BCUT2D eigenvalue weighted by molar-refractivity contribution is 5.84. The van der Waals surface area contributed by atoms with Crippen LogP contribution in [0.4, 0.5) is 0 Å². The van der Waals surface area contributed by atoms with Crippen molar-refractivity contribution in [3.8, 4) is 0 Å². The van der Waals surface area contributed by atoms with E-state index in [1.54, 1.807) is 0 Å². The zero-order valence-electron chi connectivity index (χ0n) is 7.10. The van der Waals surface area contributed by atoms with Crippen LogP contribution in [0.1, 0.15) is 32.1 Å². The minimum atomic E-state index is 0.106. The van der Waals surface area contributed by atoms with E-state index in [-0.39, 0.29) is 5.41 Å². The molecule has 62 valence electrons. The molecular weight excluding hydrogens is 138 g/mol. The average Bonchev–Trinajstić information content (AvgIpc) is 2.56. The van der Waals surface area contributed by atoms with Gasteiger partial charge in [0.25, 0.3) is 0 Å². The average molecular weight is 153 g/mol. The van der Waals surface area contributed by atoms with Crippen LogP contribution in [-0.4, -0.2) is 24.4 Å². The molecule has 0 aromatic carbocycles. The quantitative estimate of drug-likeness (QED) is 0.515. The summed E-state index contributed by atoms with van der Waals surface area (Å²) >= 11 is 0. The van der Waals surface area contributed by atoms with E-state index >= 15 is 0 Å². The van der Waals surface area contributed by atoms with Gasteiger partial charge in [-0.3, -0.25) is 4.79 Å². The summed E-state index contributed by atoms with van der Waals surface area (Å²) in [5, 5.41) is 0. The smallest absolute Gasteiger partial charge is 0.228 e. The van der Waals surface area contributed by atoms with Crippen molar-refractivity contribution >= 4 is 5.91 Å². The molecule has 1 aliphatic heterocycles. The molecule has 2 aliphatic rings. The molecule has 2 fully saturated rings. The lowest BCUT2D eigenvalue weighted by Crippen LogP contribution is -2.29. The molecular formula is C9H15NO. The number of carbonyl (C=O) groups is 1. The Bertz CT molecular complexity index is 182. The first kappa shape index (κ1) is 7.14. The van der Waals surface area contributed by atoms with Crippen LogP contribution in [-0.2, 0) is 4.79 Å². The van der Waals surface area contributed by atoms with E-state index in [0.29, 0.717) is 5.91 Å². The molecule has 11 heavy (non-hydrogen) atoms.